The van der Waals surface area contributed by atoms with Crippen molar-refractivity contribution in [3.8, 4) is 0 Å². The summed E-state index contributed by atoms with van der Waals surface area (Å²) in [7, 11) is 0. The number of hydrogen-bond acceptors (Lipinski definition) is 1. The molecule has 0 aliphatic heterocycles. The Balaban J connectivity index is 2.16. The number of benzene rings is 2. The van der Waals surface area contributed by atoms with E-state index in [9.17, 15) is 0 Å². The van der Waals surface area contributed by atoms with Gasteiger partial charge in [0.2, 0.25) is 0 Å². The molecule has 0 saturated carbocycles. The number of aryl methyl sites for hydroxylation is 4. The molecular formula is C20H27N. The molecule has 21 heavy (non-hydrogen) atoms. The summed E-state index contributed by atoms with van der Waals surface area (Å²) in [6.45, 7) is 13.2. The fourth-order valence-electron chi connectivity index (χ4n) is 3.13. The van der Waals surface area contributed by atoms with Gasteiger partial charge in [-0.25, -0.2) is 0 Å². The van der Waals surface area contributed by atoms with Crippen LogP contribution < -0.4 is 5.32 Å². The highest BCUT2D eigenvalue weighted by molar-refractivity contribution is 5.34. The SMILES string of the molecule is Cc1cc(C)cc(C(C)NC(C)c2ccc(C)cc2C)c1. The largest absolute Gasteiger partial charge is 0.304 e. The van der Waals surface area contributed by atoms with Crippen LogP contribution in [-0.2, 0) is 0 Å². The first-order valence-electron chi connectivity index (χ1n) is 7.78. The zero-order valence-corrected chi connectivity index (χ0v) is 14.1. The van der Waals surface area contributed by atoms with Gasteiger partial charge in [0.25, 0.3) is 0 Å². The van der Waals surface area contributed by atoms with Gasteiger partial charge in [-0.1, -0.05) is 53.1 Å². The van der Waals surface area contributed by atoms with Gasteiger partial charge in [0.1, 0.15) is 0 Å². The molecule has 1 heteroatoms. The molecule has 0 amide bonds. The van der Waals surface area contributed by atoms with Crippen LogP contribution in [0.25, 0.3) is 0 Å². The number of hydrogen-bond donors (Lipinski definition) is 1. The molecular weight excluding hydrogens is 254 g/mol. The predicted molar refractivity (Wildman–Crippen MR) is 91.8 cm³/mol. The second-order valence-corrected chi connectivity index (χ2v) is 6.39. The van der Waals surface area contributed by atoms with Crippen molar-refractivity contribution in [1.29, 1.82) is 0 Å². The first kappa shape index (κ1) is 15.8. The average Bonchev–Trinajstić information content (AvgIpc) is 2.37. The molecule has 0 aliphatic rings. The van der Waals surface area contributed by atoms with Crippen molar-refractivity contribution in [1.82, 2.24) is 5.32 Å². The molecule has 0 saturated heterocycles. The lowest BCUT2D eigenvalue weighted by Crippen LogP contribution is -2.23. The van der Waals surface area contributed by atoms with Crippen molar-refractivity contribution in [3.05, 3.63) is 69.8 Å². The summed E-state index contributed by atoms with van der Waals surface area (Å²) >= 11 is 0. The van der Waals surface area contributed by atoms with E-state index in [-0.39, 0.29) is 0 Å². The Morgan fingerprint density at radius 2 is 1.33 bits per heavy atom. The summed E-state index contributed by atoms with van der Waals surface area (Å²) < 4.78 is 0. The quantitative estimate of drug-likeness (QED) is 0.798. The van der Waals surface area contributed by atoms with E-state index in [0.29, 0.717) is 12.1 Å². The predicted octanol–water partition coefficient (Wildman–Crippen LogP) is 5.33. The van der Waals surface area contributed by atoms with Crippen LogP contribution in [0.5, 0.6) is 0 Å². The molecule has 0 fully saturated rings. The van der Waals surface area contributed by atoms with Crippen molar-refractivity contribution in [3.63, 3.8) is 0 Å². The molecule has 2 unspecified atom stereocenters. The Labute approximate surface area is 129 Å². The topological polar surface area (TPSA) is 12.0 Å². The molecule has 1 N–H and O–H groups in total. The summed E-state index contributed by atoms with van der Waals surface area (Å²) in [5.74, 6) is 0. The van der Waals surface area contributed by atoms with Crippen molar-refractivity contribution in [2.75, 3.05) is 0 Å². The summed E-state index contributed by atoms with van der Waals surface area (Å²) in [4.78, 5) is 0. The van der Waals surface area contributed by atoms with Gasteiger partial charge in [-0.2, -0.15) is 0 Å². The molecule has 2 aromatic carbocycles. The zero-order chi connectivity index (χ0) is 15.6. The first-order valence-corrected chi connectivity index (χ1v) is 7.78. The molecule has 2 aromatic rings. The normalized spacial score (nSPS) is 14.0. The third-order valence-electron chi connectivity index (χ3n) is 4.14. The van der Waals surface area contributed by atoms with Crippen LogP contribution >= 0.6 is 0 Å². The van der Waals surface area contributed by atoms with E-state index in [4.69, 9.17) is 0 Å². The van der Waals surface area contributed by atoms with Crippen LogP contribution in [0.3, 0.4) is 0 Å². The molecule has 0 heterocycles. The Morgan fingerprint density at radius 3 is 1.90 bits per heavy atom. The molecule has 112 valence electrons. The highest BCUT2D eigenvalue weighted by atomic mass is 14.9. The van der Waals surface area contributed by atoms with Gasteiger partial charge in [-0.05, 0) is 58.2 Å². The van der Waals surface area contributed by atoms with Gasteiger partial charge in [-0.3, -0.25) is 0 Å². The minimum Gasteiger partial charge on any atom is -0.304 e. The Hall–Kier alpha value is -1.60. The summed E-state index contributed by atoms with van der Waals surface area (Å²) in [5.41, 5.74) is 8.10. The van der Waals surface area contributed by atoms with Crippen molar-refractivity contribution >= 4 is 0 Å². The van der Waals surface area contributed by atoms with Crippen molar-refractivity contribution in [2.24, 2.45) is 0 Å². The maximum atomic E-state index is 3.73. The van der Waals surface area contributed by atoms with E-state index in [1.807, 2.05) is 0 Å². The Kier molecular flexibility index (Phi) is 4.84. The minimum absolute atomic E-state index is 0.347. The zero-order valence-electron chi connectivity index (χ0n) is 14.1. The third kappa shape index (κ3) is 3.95. The van der Waals surface area contributed by atoms with E-state index in [2.05, 4.69) is 83.3 Å². The lowest BCUT2D eigenvalue weighted by molar-refractivity contribution is 0.493. The van der Waals surface area contributed by atoms with Crippen LogP contribution in [0.2, 0.25) is 0 Å². The maximum Gasteiger partial charge on any atom is 0.0300 e. The molecule has 2 rings (SSSR count). The summed E-state index contributed by atoms with van der Waals surface area (Å²) in [6, 6.07) is 14.2. The van der Waals surface area contributed by atoms with Gasteiger partial charge in [-0.15, -0.1) is 0 Å². The summed E-state index contributed by atoms with van der Waals surface area (Å²) in [5, 5.41) is 3.73. The van der Waals surface area contributed by atoms with E-state index in [0.717, 1.165) is 0 Å². The third-order valence-corrected chi connectivity index (χ3v) is 4.14. The summed E-state index contributed by atoms with van der Waals surface area (Å²) in [6.07, 6.45) is 0. The van der Waals surface area contributed by atoms with Gasteiger partial charge in [0.15, 0.2) is 0 Å². The second kappa shape index (κ2) is 6.44. The monoisotopic (exact) mass is 281 g/mol. The molecule has 0 aromatic heterocycles. The first-order chi connectivity index (χ1) is 9.86. The van der Waals surface area contributed by atoms with Gasteiger partial charge in [0.05, 0.1) is 0 Å². The standard InChI is InChI=1S/C20H27N/c1-13-7-8-20(16(4)10-13)18(6)21-17(5)19-11-14(2)9-15(3)12-19/h7-12,17-18,21H,1-6H3. The highest BCUT2D eigenvalue weighted by Crippen LogP contribution is 2.23. The van der Waals surface area contributed by atoms with E-state index in [1.165, 1.54) is 33.4 Å². The fourth-order valence-corrected chi connectivity index (χ4v) is 3.13. The fraction of sp³-hybridized carbons (Fsp3) is 0.400. The lowest BCUT2D eigenvalue weighted by atomic mass is 9.97. The van der Waals surface area contributed by atoms with Crippen molar-refractivity contribution in [2.45, 2.75) is 53.6 Å². The van der Waals surface area contributed by atoms with Crippen molar-refractivity contribution < 1.29 is 0 Å². The molecule has 0 bridgehead atoms. The van der Waals surface area contributed by atoms with E-state index in [1.54, 1.807) is 0 Å². The smallest absolute Gasteiger partial charge is 0.0300 e. The van der Waals surface area contributed by atoms with E-state index < -0.39 is 0 Å². The van der Waals surface area contributed by atoms with Crippen LogP contribution in [0.15, 0.2) is 36.4 Å². The molecule has 0 aliphatic carbocycles. The van der Waals surface area contributed by atoms with Crippen LogP contribution in [0.1, 0.15) is 59.3 Å². The van der Waals surface area contributed by atoms with Crippen LogP contribution in [0, 0.1) is 27.7 Å². The number of nitrogens with one attached hydrogen (secondary N) is 1. The Morgan fingerprint density at radius 1 is 0.714 bits per heavy atom. The van der Waals surface area contributed by atoms with Gasteiger partial charge in [0, 0.05) is 12.1 Å². The second-order valence-electron chi connectivity index (χ2n) is 6.39. The molecule has 0 radical (unpaired) electrons. The average molecular weight is 281 g/mol. The maximum absolute atomic E-state index is 3.73. The van der Waals surface area contributed by atoms with E-state index >= 15 is 0 Å². The molecule has 1 nitrogen and oxygen atoms in total. The minimum atomic E-state index is 0.347. The van der Waals surface area contributed by atoms with Gasteiger partial charge >= 0.3 is 0 Å². The van der Waals surface area contributed by atoms with Crippen LogP contribution in [0.4, 0.5) is 0 Å². The molecule has 0 spiro atoms. The van der Waals surface area contributed by atoms with Gasteiger partial charge < -0.3 is 5.32 Å². The highest BCUT2D eigenvalue weighted by Gasteiger charge is 2.13. The van der Waals surface area contributed by atoms with Crippen LogP contribution in [-0.4, -0.2) is 0 Å². The lowest BCUT2D eigenvalue weighted by Gasteiger charge is -2.23. The molecule has 2 atom stereocenters. The number of rotatable bonds is 4. The Bertz CT molecular complexity index is 607.